The molecule has 0 atom stereocenters. The molecule has 1 aliphatic carbocycles. The Labute approximate surface area is 121 Å². The number of anilines is 1. The van der Waals surface area contributed by atoms with Gasteiger partial charge in [0.25, 0.3) is 0 Å². The second-order valence-corrected chi connectivity index (χ2v) is 5.54. The zero-order chi connectivity index (χ0) is 14.4. The largest absolute Gasteiger partial charge is 0.475 e. The van der Waals surface area contributed by atoms with E-state index in [1.807, 2.05) is 26.8 Å². The standard InChI is InChI=1S/C15H25N3O2/c1-11(2)20-14-10-12(3)17-15(18-14)16-8-9-19-13-6-4-5-7-13/h10-11,13H,4-9H2,1-3H3,(H,16,17,18). The third kappa shape index (κ3) is 4.96. The van der Waals surface area contributed by atoms with Gasteiger partial charge in [-0.15, -0.1) is 0 Å². The van der Waals surface area contributed by atoms with E-state index in [9.17, 15) is 0 Å². The predicted octanol–water partition coefficient (Wildman–Crippen LogP) is 2.94. The van der Waals surface area contributed by atoms with Crippen molar-refractivity contribution < 1.29 is 9.47 Å². The molecule has 0 aliphatic heterocycles. The summed E-state index contributed by atoms with van der Waals surface area (Å²) in [7, 11) is 0. The molecule has 0 amide bonds. The maximum atomic E-state index is 5.80. The molecule has 1 aromatic heterocycles. The number of hydrogen-bond donors (Lipinski definition) is 1. The van der Waals surface area contributed by atoms with Crippen molar-refractivity contribution >= 4 is 5.95 Å². The smallest absolute Gasteiger partial charge is 0.226 e. The molecule has 1 aliphatic rings. The van der Waals surface area contributed by atoms with Crippen LogP contribution in [0.3, 0.4) is 0 Å². The summed E-state index contributed by atoms with van der Waals surface area (Å²) < 4.78 is 11.4. The molecule has 5 heteroatoms. The minimum atomic E-state index is 0.114. The predicted molar refractivity (Wildman–Crippen MR) is 79.2 cm³/mol. The number of aryl methyl sites for hydroxylation is 1. The van der Waals surface area contributed by atoms with Gasteiger partial charge in [0.15, 0.2) is 0 Å². The highest BCUT2D eigenvalue weighted by molar-refractivity contribution is 5.30. The molecule has 5 nitrogen and oxygen atoms in total. The molecule has 0 radical (unpaired) electrons. The number of rotatable bonds is 7. The van der Waals surface area contributed by atoms with Gasteiger partial charge in [-0.1, -0.05) is 12.8 Å². The Bertz CT molecular complexity index is 418. The minimum absolute atomic E-state index is 0.114. The van der Waals surface area contributed by atoms with Crippen molar-refractivity contribution in [3.05, 3.63) is 11.8 Å². The van der Waals surface area contributed by atoms with E-state index in [4.69, 9.17) is 9.47 Å². The Balaban J connectivity index is 1.77. The minimum Gasteiger partial charge on any atom is -0.475 e. The molecule has 2 rings (SSSR count). The van der Waals surface area contributed by atoms with E-state index >= 15 is 0 Å². The van der Waals surface area contributed by atoms with Crippen molar-refractivity contribution in [2.45, 2.75) is 58.7 Å². The lowest BCUT2D eigenvalue weighted by molar-refractivity contribution is 0.0658. The van der Waals surface area contributed by atoms with Gasteiger partial charge in [0.2, 0.25) is 11.8 Å². The van der Waals surface area contributed by atoms with Crippen LogP contribution in [0.15, 0.2) is 6.07 Å². The molecule has 0 unspecified atom stereocenters. The molecule has 1 N–H and O–H groups in total. The van der Waals surface area contributed by atoms with Crippen LogP contribution in [0.5, 0.6) is 5.88 Å². The number of hydrogen-bond acceptors (Lipinski definition) is 5. The normalized spacial score (nSPS) is 15.8. The zero-order valence-electron chi connectivity index (χ0n) is 12.7. The second-order valence-electron chi connectivity index (χ2n) is 5.54. The van der Waals surface area contributed by atoms with Crippen LogP contribution in [0.25, 0.3) is 0 Å². The molecule has 112 valence electrons. The molecule has 1 fully saturated rings. The first-order valence-electron chi connectivity index (χ1n) is 7.51. The van der Waals surface area contributed by atoms with E-state index in [-0.39, 0.29) is 6.10 Å². The fourth-order valence-electron chi connectivity index (χ4n) is 2.36. The van der Waals surface area contributed by atoms with E-state index in [0.717, 1.165) is 12.2 Å². The summed E-state index contributed by atoms with van der Waals surface area (Å²) in [4.78, 5) is 8.70. The van der Waals surface area contributed by atoms with E-state index < -0.39 is 0 Å². The van der Waals surface area contributed by atoms with Gasteiger partial charge in [-0.05, 0) is 33.6 Å². The van der Waals surface area contributed by atoms with Crippen LogP contribution in [0.4, 0.5) is 5.95 Å². The van der Waals surface area contributed by atoms with E-state index in [1.165, 1.54) is 25.7 Å². The lowest BCUT2D eigenvalue weighted by Gasteiger charge is -2.13. The number of nitrogens with one attached hydrogen (secondary N) is 1. The van der Waals surface area contributed by atoms with E-state index in [0.29, 0.717) is 24.5 Å². The average Bonchev–Trinajstić information content (AvgIpc) is 2.86. The lowest BCUT2D eigenvalue weighted by Crippen LogP contribution is -2.17. The topological polar surface area (TPSA) is 56.3 Å². The Kier molecular flexibility index (Phi) is 5.59. The van der Waals surface area contributed by atoms with Crippen LogP contribution in [0.1, 0.15) is 45.2 Å². The van der Waals surface area contributed by atoms with Gasteiger partial charge < -0.3 is 14.8 Å². The molecular weight excluding hydrogens is 254 g/mol. The van der Waals surface area contributed by atoms with Crippen LogP contribution < -0.4 is 10.1 Å². The Morgan fingerprint density at radius 3 is 2.75 bits per heavy atom. The molecule has 0 spiro atoms. The number of nitrogens with zero attached hydrogens (tertiary/aromatic N) is 2. The van der Waals surface area contributed by atoms with E-state index in [2.05, 4.69) is 15.3 Å². The molecular formula is C15H25N3O2. The van der Waals surface area contributed by atoms with Crippen molar-refractivity contribution in [1.82, 2.24) is 9.97 Å². The molecule has 20 heavy (non-hydrogen) atoms. The van der Waals surface area contributed by atoms with Crippen molar-refractivity contribution in [2.24, 2.45) is 0 Å². The van der Waals surface area contributed by atoms with Crippen molar-refractivity contribution in [1.29, 1.82) is 0 Å². The summed E-state index contributed by atoms with van der Waals surface area (Å²) in [6.07, 6.45) is 5.57. The fraction of sp³-hybridized carbons (Fsp3) is 0.733. The summed E-state index contributed by atoms with van der Waals surface area (Å²) in [6, 6.07) is 1.85. The molecule has 1 aromatic rings. The van der Waals surface area contributed by atoms with Gasteiger partial charge in [0, 0.05) is 18.3 Å². The zero-order valence-corrected chi connectivity index (χ0v) is 12.7. The van der Waals surface area contributed by atoms with Gasteiger partial charge in [-0.25, -0.2) is 4.98 Å². The molecule has 1 saturated carbocycles. The van der Waals surface area contributed by atoms with Crippen molar-refractivity contribution in [3.63, 3.8) is 0 Å². The number of ether oxygens (including phenoxy) is 2. The monoisotopic (exact) mass is 279 g/mol. The van der Waals surface area contributed by atoms with Crippen molar-refractivity contribution in [3.8, 4) is 5.88 Å². The van der Waals surface area contributed by atoms with Gasteiger partial charge in [-0.3, -0.25) is 0 Å². The van der Waals surface area contributed by atoms with Crippen LogP contribution >= 0.6 is 0 Å². The van der Waals surface area contributed by atoms with Gasteiger partial charge in [-0.2, -0.15) is 4.98 Å². The first kappa shape index (κ1) is 15.0. The van der Waals surface area contributed by atoms with E-state index in [1.54, 1.807) is 0 Å². The first-order chi connectivity index (χ1) is 9.63. The van der Waals surface area contributed by atoms with Gasteiger partial charge >= 0.3 is 0 Å². The Hall–Kier alpha value is -1.36. The highest BCUT2D eigenvalue weighted by atomic mass is 16.5. The van der Waals surface area contributed by atoms with Crippen LogP contribution in [-0.2, 0) is 4.74 Å². The molecule has 1 heterocycles. The summed E-state index contributed by atoms with van der Waals surface area (Å²) in [5.74, 6) is 1.22. The summed E-state index contributed by atoms with van der Waals surface area (Å²) in [5, 5.41) is 3.20. The van der Waals surface area contributed by atoms with Crippen LogP contribution in [0.2, 0.25) is 0 Å². The second kappa shape index (κ2) is 7.43. The highest BCUT2D eigenvalue weighted by Crippen LogP contribution is 2.20. The fourth-order valence-corrected chi connectivity index (χ4v) is 2.36. The average molecular weight is 279 g/mol. The quantitative estimate of drug-likeness (QED) is 0.778. The Morgan fingerprint density at radius 2 is 2.05 bits per heavy atom. The summed E-state index contributed by atoms with van der Waals surface area (Å²) in [5.41, 5.74) is 0.898. The summed E-state index contributed by atoms with van der Waals surface area (Å²) in [6.45, 7) is 7.33. The molecule has 0 aromatic carbocycles. The third-order valence-electron chi connectivity index (χ3n) is 3.23. The maximum absolute atomic E-state index is 5.80. The summed E-state index contributed by atoms with van der Waals surface area (Å²) >= 11 is 0. The SMILES string of the molecule is Cc1cc(OC(C)C)nc(NCCOC2CCCC2)n1. The number of aromatic nitrogens is 2. The van der Waals surface area contributed by atoms with Crippen LogP contribution in [-0.4, -0.2) is 35.3 Å². The van der Waals surface area contributed by atoms with Gasteiger partial charge in [0.1, 0.15) is 0 Å². The molecule has 0 saturated heterocycles. The van der Waals surface area contributed by atoms with Crippen molar-refractivity contribution in [2.75, 3.05) is 18.5 Å². The lowest BCUT2D eigenvalue weighted by atomic mass is 10.3. The van der Waals surface area contributed by atoms with Crippen LogP contribution in [0, 0.1) is 6.92 Å². The van der Waals surface area contributed by atoms with Gasteiger partial charge in [0.05, 0.1) is 18.8 Å². The Morgan fingerprint density at radius 1 is 1.30 bits per heavy atom. The first-order valence-corrected chi connectivity index (χ1v) is 7.51. The molecule has 0 bridgehead atoms. The highest BCUT2D eigenvalue weighted by Gasteiger charge is 2.14. The third-order valence-corrected chi connectivity index (χ3v) is 3.23. The maximum Gasteiger partial charge on any atom is 0.226 e.